The van der Waals surface area contributed by atoms with Crippen molar-refractivity contribution in [1.82, 2.24) is 0 Å². The zero-order chi connectivity index (χ0) is 13.3. The largest absolute Gasteiger partial charge is 0.396 e. The molecule has 102 valence electrons. The summed E-state index contributed by atoms with van der Waals surface area (Å²) in [6, 6.07) is 0. The summed E-state index contributed by atoms with van der Waals surface area (Å²) in [6.07, 6.45) is 3.86. The van der Waals surface area contributed by atoms with Crippen LogP contribution in [0.4, 0.5) is 0 Å². The lowest BCUT2D eigenvalue weighted by Gasteiger charge is -2.50. The van der Waals surface area contributed by atoms with E-state index in [9.17, 15) is 10.2 Å². The molecule has 1 unspecified atom stereocenters. The first-order valence-corrected chi connectivity index (χ1v) is 7.10. The molecule has 0 aromatic rings. The Morgan fingerprint density at radius 3 is 1.94 bits per heavy atom. The van der Waals surface area contributed by atoms with E-state index in [0.29, 0.717) is 11.8 Å². The lowest BCUT2D eigenvalue weighted by molar-refractivity contribution is -0.150. The number of aliphatic hydroxyl groups is 2. The fraction of sp³-hybridized carbons (Fsp3) is 1.00. The molecule has 2 N–H and O–H groups in total. The van der Waals surface area contributed by atoms with Crippen LogP contribution in [0, 0.1) is 23.2 Å². The Kier molecular flexibility index (Phi) is 4.65. The summed E-state index contributed by atoms with van der Waals surface area (Å²) in [5, 5.41) is 20.6. The summed E-state index contributed by atoms with van der Waals surface area (Å²) in [5.41, 5.74) is -1.05. The van der Waals surface area contributed by atoms with E-state index < -0.39 is 5.60 Å². The predicted octanol–water partition coefficient (Wildman–Crippen LogP) is 3.22. The number of hydrogen-bond acceptors (Lipinski definition) is 2. The van der Waals surface area contributed by atoms with Crippen LogP contribution in [0.15, 0.2) is 0 Å². The maximum absolute atomic E-state index is 10.9. The van der Waals surface area contributed by atoms with Crippen molar-refractivity contribution in [3.63, 3.8) is 0 Å². The van der Waals surface area contributed by atoms with Crippen molar-refractivity contribution < 1.29 is 10.2 Å². The molecule has 0 saturated heterocycles. The third kappa shape index (κ3) is 2.68. The Balaban J connectivity index is 2.78. The first-order valence-electron chi connectivity index (χ1n) is 7.10. The van der Waals surface area contributed by atoms with Gasteiger partial charge in [0, 0.05) is 5.41 Å². The molecule has 2 heteroatoms. The molecule has 0 amide bonds. The fourth-order valence-electron chi connectivity index (χ4n) is 3.22. The molecule has 1 fully saturated rings. The van der Waals surface area contributed by atoms with Crippen molar-refractivity contribution in [3.8, 4) is 0 Å². The minimum atomic E-state index is -0.679. The van der Waals surface area contributed by atoms with Gasteiger partial charge in [0.05, 0.1) is 12.2 Å². The van der Waals surface area contributed by atoms with Crippen LogP contribution in [0.3, 0.4) is 0 Å². The topological polar surface area (TPSA) is 40.5 Å². The normalized spacial score (nSPS) is 34.1. The lowest BCUT2D eigenvalue weighted by atomic mass is 9.59. The van der Waals surface area contributed by atoms with Crippen molar-refractivity contribution in [2.75, 3.05) is 6.61 Å². The Hall–Kier alpha value is -0.0800. The molecule has 1 aliphatic carbocycles. The summed E-state index contributed by atoms with van der Waals surface area (Å²) in [6.45, 7) is 10.8. The Labute approximate surface area is 106 Å². The second-order valence-corrected chi connectivity index (χ2v) is 6.84. The first kappa shape index (κ1) is 15.0. The average Bonchev–Trinajstić information content (AvgIpc) is 2.28. The van der Waals surface area contributed by atoms with Crippen molar-refractivity contribution >= 4 is 0 Å². The molecular formula is C15H30O2. The smallest absolute Gasteiger partial charge is 0.0725 e. The van der Waals surface area contributed by atoms with E-state index in [1.807, 2.05) is 6.92 Å². The van der Waals surface area contributed by atoms with Crippen LogP contribution in [0.5, 0.6) is 0 Å². The molecule has 1 atom stereocenters. The molecule has 0 aliphatic heterocycles. The zero-order valence-electron chi connectivity index (χ0n) is 12.2. The summed E-state index contributed by atoms with van der Waals surface area (Å²) >= 11 is 0. The van der Waals surface area contributed by atoms with Crippen LogP contribution < -0.4 is 0 Å². The van der Waals surface area contributed by atoms with E-state index in [1.54, 1.807) is 0 Å². The first-order chi connectivity index (χ1) is 7.77. The molecule has 0 aromatic heterocycles. The van der Waals surface area contributed by atoms with Gasteiger partial charge in [-0.15, -0.1) is 0 Å². The van der Waals surface area contributed by atoms with E-state index in [0.717, 1.165) is 31.6 Å². The molecule has 0 radical (unpaired) electrons. The average molecular weight is 242 g/mol. The van der Waals surface area contributed by atoms with Gasteiger partial charge in [-0.1, -0.05) is 34.6 Å². The molecule has 0 spiro atoms. The van der Waals surface area contributed by atoms with Crippen LogP contribution in [0.1, 0.15) is 60.3 Å². The Bertz CT molecular complexity index is 239. The summed E-state index contributed by atoms with van der Waals surface area (Å²) in [4.78, 5) is 0. The van der Waals surface area contributed by atoms with Gasteiger partial charge in [0.25, 0.3) is 0 Å². The Morgan fingerprint density at radius 1 is 1.18 bits per heavy atom. The predicted molar refractivity (Wildman–Crippen MR) is 71.8 cm³/mol. The maximum atomic E-state index is 10.9. The second-order valence-electron chi connectivity index (χ2n) is 6.84. The highest BCUT2D eigenvalue weighted by Gasteiger charge is 2.50. The zero-order valence-corrected chi connectivity index (χ0v) is 12.2. The highest BCUT2D eigenvalue weighted by Crippen LogP contribution is 2.48. The van der Waals surface area contributed by atoms with Gasteiger partial charge in [-0.05, 0) is 43.4 Å². The Morgan fingerprint density at radius 2 is 1.65 bits per heavy atom. The van der Waals surface area contributed by atoms with Crippen LogP contribution in [-0.2, 0) is 0 Å². The minimum Gasteiger partial charge on any atom is -0.396 e. The van der Waals surface area contributed by atoms with E-state index in [-0.39, 0.29) is 12.0 Å². The standard InChI is InChI=1S/C15H30O2/c1-11(2)13-6-8-15(17,9-7-13)14(5,10-16)12(3)4/h11-13,16-17H,6-10H2,1-5H3. The molecule has 1 aliphatic rings. The molecule has 1 saturated carbocycles. The fourth-order valence-corrected chi connectivity index (χ4v) is 3.22. The van der Waals surface area contributed by atoms with Gasteiger partial charge >= 0.3 is 0 Å². The van der Waals surface area contributed by atoms with Crippen LogP contribution in [0.2, 0.25) is 0 Å². The van der Waals surface area contributed by atoms with Gasteiger partial charge in [0.1, 0.15) is 0 Å². The van der Waals surface area contributed by atoms with Gasteiger partial charge in [0.2, 0.25) is 0 Å². The second kappa shape index (κ2) is 5.27. The van der Waals surface area contributed by atoms with Crippen molar-refractivity contribution in [2.24, 2.45) is 23.2 Å². The van der Waals surface area contributed by atoms with Gasteiger partial charge in [0.15, 0.2) is 0 Å². The van der Waals surface area contributed by atoms with E-state index >= 15 is 0 Å². The van der Waals surface area contributed by atoms with Crippen LogP contribution in [0.25, 0.3) is 0 Å². The number of rotatable bonds is 4. The highest BCUT2D eigenvalue weighted by atomic mass is 16.3. The summed E-state index contributed by atoms with van der Waals surface area (Å²) in [7, 11) is 0. The van der Waals surface area contributed by atoms with Crippen LogP contribution >= 0.6 is 0 Å². The van der Waals surface area contributed by atoms with Crippen molar-refractivity contribution in [2.45, 2.75) is 65.9 Å². The van der Waals surface area contributed by atoms with Crippen molar-refractivity contribution in [1.29, 1.82) is 0 Å². The molecular weight excluding hydrogens is 212 g/mol. The molecule has 2 nitrogen and oxygen atoms in total. The molecule has 1 rings (SSSR count). The highest BCUT2D eigenvalue weighted by molar-refractivity contribution is 5.00. The number of hydrogen-bond donors (Lipinski definition) is 2. The van der Waals surface area contributed by atoms with Gasteiger partial charge in [-0.25, -0.2) is 0 Å². The van der Waals surface area contributed by atoms with Gasteiger partial charge < -0.3 is 10.2 Å². The lowest BCUT2D eigenvalue weighted by Crippen LogP contribution is -2.54. The SMILES string of the molecule is CC(C)C1CCC(O)(C(C)(CO)C(C)C)CC1. The van der Waals surface area contributed by atoms with Gasteiger partial charge in [-0.3, -0.25) is 0 Å². The minimum absolute atomic E-state index is 0.0769. The quantitative estimate of drug-likeness (QED) is 0.794. The van der Waals surface area contributed by atoms with Gasteiger partial charge in [-0.2, -0.15) is 0 Å². The summed E-state index contributed by atoms with van der Waals surface area (Å²) in [5.74, 6) is 1.75. The van der Waals surface area contributed by atoms with Crippen molar-refractivity contribution in [3.05, 3.63) is 0 Å². The van der Waals surface area contributed by atoms with Crippen LogP contribution in [-0.4, -0.2) is 22.4 Å². The molecule has 0 heterocycles. The summed E-state index contributed by atoms with van der Waals surface area (Å²) < 4.78 is 0. The van der Waals surface area contributed by atoms with E-state index in [2.05, 4.69) is 27.7 Å². The molecule has 17 heavy (non-hydrogen) atoms. The third-order valence-electron chi connectivity index (χ3n) is 5.47. The molecule has 0 aromatic carbocycles. The maximum Gasteiger partial charge on any atom is 0.0725 e. The van der Waals surface area contributed by atoms with E-state index in [1.165, 1.54) is 0 Å². The number of aliphatic hydroxyl groups excluding tert-OH is 1. The molecule has 0 bridgehead atoms. The third-order valence-corrected chi connectivity index (χ3v) is 5.47. The monoisotopic (exact) mass is 242 g/mol. The van der Waals surface area contributed by atoms with E-state index in [4.69, 9.17) is 0 Å².